The summed E-state index contributed by atoms with van der Waals surface area (Å²) < 4.78 is 13.8. The van der Waals surface area contributed by atoms with E-state index in [1.54, 1.807) is 12.1 Å². The quantitative estimate of drug-likeness (QED) is 0.893. The number of halogens is 1. The Hall–Kier alpha value is -0.930. The van der Waals surface area contributed by atoms with Crippen LogP contribution in [0, 0.1) is 18.7 Å². The van der Waals surface area contributed by atoms with Gasteiger partial charge in [-0.15, -0.1) is 0 Å². The smallest absolute Gasteiger partial charge is 0.127 e. The van der Waals surface area contributed by atoms with Crippen molar-refractivity contribution in [3.8, 4) is 0 Å². The molecule has 0 spiro atoms. The van der Waals surface area contributed by atoms with Gasteiger partial charge in [0.05, 0.1) is 0 Å². The van der Waals surface area contributed by atoms with Crippen LogP contribution in [0.25, 0.3) is 0 Å². The molecule has 1 N–H and O–H groups in total. The van der Waals surface area contributed by atoms with E-state index in [0.717, 1.165) is 30.5 Å². The number of rotatable bonds is 3. The number of aliphatic hydroxyl groups excluding tert-OH is 1. The summed E-state index contributed by atoms with van der Waals surface area (Å²) in [7, 11) is 0. The van der Waals surface area contributed by atoms with Gasteiger partial charge in [0.15, 0.2) is 0 Å². The molecule has 0 aromatic heterocycles. The first-order valence-electron chi connectivity index (χ1n) is 6.70. The van der Waals surface area contributed by atoms with Crippen molar-refractivity contribution >= 4 is 0 Å². The van der Waals surface area contributed by atoms with E-state index >= 15 is 0 Å². The summed E-state index contributed by atoms with van der Waals surface area (Å²) in [6.07, 6.45) is 2.16. The molecule has 2 atom stereocenters. The Morgan fingerprint density at radius 2 is 2.17 bits per heavy atom. The number of benzene rings is 1. The second-order valence-electron chi connectivity index (χ2n) is 5.50. The maximum Gasteiger partial charge on any atom is 0.127 e. The summed E-state index contributed by atoms with van der Waals surface area (Å²) in [6.45, 7) is 5.91. The maximum atomic E-state index is 13.8. The molecule has 3 heteroatoms. The number of aryl methyl sites for hydroxylation is 1. The molecule has 1 aliphatic heterocycles. The molecule has 0 aliphatic carbocycles. The molecule has 2 rings (SSSR count). The predicted octanol–water partition coefficient (Wildman–Crippen LogP) is 2.73. The van der Waals surface area contributed by atoms with Gasteiger partial charge in [-0.2, -0.15) is 0 Å². The molecule has 0 amide bonds. The van der Waals surface area contributed by atoms with Crippen molar-refractivity contribution in [1.82, 2.24) is 4.90 Å². The van der Waals surface area contributed by atoms with Crippen LogP contribution in [0.4, 0.5) is 4.39 Å². The van der Waals surface area contributed by atoms with Crippen LogP contribution in [0.5, 0.6) is 0 Å². The van der Waals surface area contributed by atoms with E-state index in [2.05, 4.69) is 11.8 Å². The Morgan fingerprint density at radius 3 is 2.89 bits per heavy atom. The summed E-state index contributed by atoms with van der Waals surface area (Å²) in [5.74, 6) is 0.216. The molecule has 1 aromatic carbocycles. The van der Waals surface area contributed by atoms with Crippen LogP contribution >= 0.6 is 0 Å². The van der Waals surface area contributed by atoms with Gasteiger partial charge in [0.25, 0.3) is 0 Å². The van der Waals surface area contributed by atoms with Gasteiger partial charge in [-0.3, -0.25) is 4.90 Å². The van der Waals surface area contributed by atoms with Crippen molar-refractivity contribution in [3.63, 3.8) is 0 Å². The van der Waals surface area contributed by atoms with Crippen LogP contribution in [-0.4, -0.2) is 29.2 Å². The third-order valence-electron chi connectivity index (χ3n) is 3.94. The number of hydrogen-bond acceptors (Lipinski definition) is 2. The minimum Gasteiger partial charge on any atom is -0.396 e. The van der Waals surface area contributed by atoms with Crippen molar-refractivity contribution in [1.29, 1.82) is 0 Å². The molecular formula is C15H22FNO. The normalized spacial score (nSPS) is 25.3. The monoisotopic (exact) mass is 251 g/mol. The first-order chi connectivity index (χ1) is 8.60. The van der Waals surface area contributed by atoms with Crippen molar-refractivity contribution in [3.05, 3.63) is 35.1 Å². The largest absolute Gasteiger partial charge is 0.396 e. The van der Waals surface area contributed by atoms with Crippen molar-refractivity contribution in [2.24, 2.45) is 5.92 Å². The Labute approximate surface area is 108 Å². The van der Waals surface area contributed by atoms with Gasteiger partial charge in [0.1, 0.15) is 5.82 Å². The number of nitrogens with zero attached hydrogens (tertiary/aromatic N) is 1. The van der Waals surface area contributed by atoms with E-state index in [-0.39, 0.29) is 12.4 Å². The fourth-order valence-electron chi connectivity index (χ4n) is 2.68. The zero-order valence-corrected chi connectivity index (χ0v) is 11.2. The first-order valence-corrected chi connectivity index (χ1v) is 6.70. The highest BCUT2D eigenvalue weighted by atomic mass is 19.1. The zero-order chi connectivity index (χ0) is 13.1. The van der Waals surface area contributed by atoms with Gasteiger partial charge >= 0.3 is 0 Å². The maximum absolute atomic E-state index is 13.8. The van der Waals surface area contributed by atoms with E-state index in [1.165, 1.54) is 0 Å². The van der Waals surface area contributed by atoms with Crippen molar-refractivity contribution in [2.75, 3.05) is 13.2 Å². The van der Waals surface area contributed by atoms with Gasteiger partial charge in [0, 0.05) is 31.3 Å². The van der Waals surface area contributed by atoms with E-state index in [0.29, 0.717) is 18.5 Å². The van der Waals surface area contributed by atoms with Crippen LogP contribution in [-0.2, 0) is 6.54 Å². The van der Waals surface area contributed by atoms with Gasteiger partial charge in [-0.05, 0) is 38.7 Å². The van der Waals surface area contributed by atoms with Gasteiger partial charge in [0.2, 0.25) is 0 Å². The van der Waals surface area contributed by atoms with E-state index in [1.807, 2.05) is 13.0 Å². The predicted molar refractivity (Wildman–Crippen MR) is 70.8 cm³/mol. The zero-order valence-electron chi connectivity index (χ0n) is 11.2. The molecule has 1 saturated heterocycles. The standard InChI is InChI=1S/C15H22FNO/c1-11-3-6-15(16)14(7-11)9-17-8-13(10-18)5-4-12(17)2/h3,6-7,12-13,18H,4-5,8-10H2,1-2H3. The lowest BCUT2D eigenvalue weighted by molar-refractivity contribution is 0.0763. The van der Waals surface area contributed by atoms with Crippen molar-refractivity contribution in [2.45, 2.75) is 39.3 Å². The van der Waals surface area contributed by atoms with Crippen LogP contribution in [0.3, 0.4) is 0 Å². The fraction of sp³-hybridized carbons (Fsp3) is 0.600. The number of piperidine rings is 1. The lowest BCUT2D eigenvalue weighted by atomic mass is 9.93. The molecule has 0 radical (unpaired) electrons. The molecule has 0 bridgehead atoms. The summed E-state index contributed by atoms with van der Waals surface area (Å²) in [5, 5.41) is 9.26. The van der Waals surface area contributed by atoms with Crippen LogP contribution in [0.1, 0.15) is 30.9 Å². The Balaban J connectivity index is 2.09. The SMILES string of the molecule is Cc1ccc(F)c(CN2CC(CO)CCC2C)c1. The molecule has 2 unspecified atom stereocenters. The summed E-state index contributed by atoms with van der Waals surface area (Å²) in [4.78, 5) is 2.28. The minimum absolute atomic E-state index is 0.126. The highest BCUT2D eigenvalue weighted by molar-refractivity contribution is 5.24. The average Bonchev–Trinajstić information content (AvgIpc) is 2.36. The highest BCUT2D eigenvalue weighted by Crippen LogP contribution is 2.24. The van der Waals surface area contributed by atoms with Gasteiger partial charge in [-0.1, -0.05) is 17.7 Å². The molecule has 1 aromatic rings. The number of likely N-dealkylation sites (tertiary alicyclic amines) is 1. The van der Waals surface area contributed by atoms with Crippen LogP contribution in [0.15, 0.2) is 18.2 Å². The molecular weight excluding hydrogens is 229 g/mol. The van der Waals surface area contributed by atoms with Gasteiger partial charge < -0.3 is 5.11 Å². The lowest BCUT2D eigenvalue weighted by Crippen LogP contribution is -2.42. The lowest BCUT2D eigenvalue weighted by Gasteiger charge is -2.37. The molecule has 100 valence electrons. The molecule has 1 fully saturated rings. The first kappa shape index (κ1) is 13.5. The third kappa shape index (κ3) is 3.09. The molecule has 1 heterocycles. The Morgan fingerprint density at radius 1 is 1.39 bits per heavy atom. The number of hydrogen-bond donors (Lipinski definition) is 1. The molecule has 18 heavy (non-hydrogen) atoms. The van der Waals surface area contributed by atoms with Crippen molar-refractivity contribution < 1.29 is 9.50 Å². The van der Waals surface area contributed by atoms with E-state index < -0.39 is 0 Å². The highest BCUT2D eigenvalue weighted by Gasteiger charge is 2.25. The Kier molecular flexibility index (Phi) is 4.36. The topological polar surface area (TPSA) is 23.5 Å². The molecule has 1 aliphatic rings. The summed E-state index contributed by atoms with van der Waals surface area (Å²) in [5.41, 5.74) is 1.86. The second kappa shape index (κ2) is 5.81. The fourth-order valence-corrected chi connectivity index (χ4v) is 2.68. The third-order valence-corrected chi connectivity index (χ3v) is 3.94. The van der Waals surface area contributed by atoms with E-state index in [9.17, 15) is 9.50 Å². The van der Waals surface area contributed by atoms with Crippen LogP contribution < -0.4 is 0 Å². The molecule has 0 saturated carbocycles. The summed E-state index contributed by atoms with van der Waals surface area (Å²) >= 11 is 0. The Bertz CT molecular complexity index is 407. The van der Waals surface area contributed by atoms with E-state index in [4.69, 9.17) is 0 Å². The minimum atomic E-state index is -0.126. The molecule has 2 nitrogen and oxygen atoms in total. The van der Waals surface area contributed by atoms with Crippen LogP contribution in [0.2, 0.25) is 0 Å². The second-order valence-corrected chi connectivity index (χ2v) is 5.50. The van der Waals surface area contributed by atoms with Gasteiger partial charge in [-0.25, -0.2) is 4.39 Å². The summed E-state index contributed by atoms with van der Waals surface area (Å²) in [6, 6.07) is 5.73. The number of aliphatic hydroxyl groups is 1. The average molecular weight is 251 g/mol.